The van der Waals surface area contributed by atoms with Gasteiger partial charge in [-0.1, -0.05) is 12.1 Å². The molecule has 6 heteroatoms. The van der Waals surface area contributed by atoms with Crippen molar-refractivity contribution in [2.24, 2.45) is 0 Å². The molecule has 2 aromatic rings. The van der Waals surface area contributed by atoms with E-state index in [-0.39, 0.29) is 16.7 Å². The van der Waals surface area contributed by atoms with Crippen LogP contribution in [-0.4, -0.2) is 11.9 Å². The highest BCUT2D eigenvalue weighted by Gasteiger charge is 2.23. The fourth-order valence-corrected chi connectivity index (χ4v) is 1.83. The van der Waals surface area contributed by atoms with Gasteiger partial charge in [0.05, 0.1) is 10.9 Å². The van der Waals surface area contributed by atoms with Gasteiger partial charge >= 0.3 is 6.03 Å². The molecular formula is C13H8N2O4. The first kappa shape index (κ1) is 11.2. The van der Waals surface area contributed by atoms with Crippen molar-refractivity contribution in [2.45, 2.75) is 0 Å². The van der Waals surface area contributed by atoms with Gasteiger partial charge in [0.2, 0.25) is 0 Å². The van der Waals surface area contributed by atoms with E-state index in [1.807, 2.05) is 0 Å². The van der Waals surface area contributed by atoms with Crippen LogP contribution in [0.5, 0.6) is 0 Å². The summed E-state index contributed by atoms with van der Waals surface area (Å²) in [6.07, 6.45) is 2.55. The van der Waals surface area contributed by atoms with Crippen molar-refractivity contribution in [1.29, 1.82) is 0 Å². The van der Waals surface area contributed by atoms with Gasteiger partial charge in [0.25, 0.3) is 5.91 Å². The van der Waals surface area contributed by atoms with Crippen LogP contribution < -0.4 is 16.1 Å². The molecular weight excluding hydrogens is 248 g/mol. The molecule has 0 saturated carbocycles. The minimum Gasteiger partial charge on any atom is -0.463 e. The molecule has 94 valence electrons. The van der Waals surface area contributed by atoms with Gasteiger partial charge in [-0.25, -0.2) is 4.79 Å². The maximum Gasteiger partial charge on any atom is 0.326 e. The Morgan fingerprint density at radius 3 is 2.58 bits per heavy atom. The van der Waals surface area contributed by atoms with Crippen molar-refractivity contribution in [1.82, 2.24) is 10.6 Å². The number of amides is 3. The first-order valence-corrected chi connectivity index (χ1v) is 5.50. The van der Waals surface area contributed by atoms with Gasteiger partial charge in [-0.3, -0.25) is 14.9 Å². The third-order valence-electron chi connectivity index (χ3n) is 2.73. The minimum absolute atomic E-state index is 0.0209. The Balaban J connectivity index is 2.14. The minimum atomic E-state index is -0.610. The van der Waals surface area contributed by atoms with Gasteiger partial charge in [0.15, 0.2) is 5.43 Å². The Morgan fingerprint density at radius 2 is 1.84 bits per heavy atom. The maximum atomic E-state index is 12.2. The van der Waals surface area contributed by atoms with Gasteiger partial charge in [0, 0.05) is 0 Å². The third-order valence-corrected chi connectivity index (χ3v) is 2.73. The van der Waals surface area contributed by atoms with E-state index in [1.54, 1.807) is 24.3 Å². The number of hydrogen-bond acceptors (Lipinski definition) is 4. The molecule has 2 heterocycles. The van der Waals surface area contributed by atoms with E-state index in [0.717, 1.165) is 0 Å². The normalized spacial score (nSPS) is 16.7. The number of nitrogens with one attached hydrogen (secondary N) is 2. The predicted molar refractivity (Wildman–Crippen MR) is 67.1 cm³/mol. The molecule has 1 fully saturated rings. The zero-order valence-corrected chi connectivity index (χ0v) is 9.60. The molecule has 0 unspecified atom stereocenters. The summed E-state index contributed by atoms with van der Waals surface area (Å²) in [6.45, 7) is 0. The molecule has 1 aromatic heterocycles. The van der Waals surface area contributed by atoms with Crippen molar-refractivity contribution < 1.29 is 14.0 Å². The molecule has 6 nitrogen and oxygen atoms in total. The second kappa shape index (κ2) is 4.09. The van der Waals surface area contributed by atoms with Crippen molar-refractivity contribution in [3.05, 3.63) is 52.0 Å². The summed E-state index contributed by atoms with van der Waals surface area (Å²) in [5.41, 5.74) is 0.427. The number of urea groups is 1. The van der Waals surface area contributed by atoms with Crippen molar-refractivity contribution in [2.75, 3.05) is 0 Å². The summed E-state index contributed by atoms with van der Waals surface area (Å²) >= 11 is 0. The fraction of sp³-hybridized carbons (Fsp3) is 0. The van der Waals surface area contributed by atoms with E-state index in [0.29, 0.717) is 11.0 Å². The van der Waals surface area contributed by atoms with Crippen LogP contribution in [0.2, 0.25) is 0 Å². The standard InChI is InChI=1S/C13H8N2O4/c16-11-7(5-9-12(17)15-13(18)14-9)6-19-10-4-2-1-3-8(10)11/h1-6H,(H2,14,15,17,18)/b9-5+. The van der Waals surface area contributed by atoms with E-state index in [1.165, 1.54) is 12.3 Å². The summed E-state index contributed by atoms with van der Waals surface area (Å²) in [4.78, 5) is 34.5. The van der Waals surface area contributed by atoms with Crippen LogP contribution >= 0.6 is 0 Å². The third kappa shape index (κ3) is 1.89. The van der Waals surface area contributed by atoms with Gasteiger partial charge < -0.3 is 9.73 Å². The van der Waals surface area contributed by atoms with Crippen molar-refractivity contribution >= 4 is 29.0 Å². The van der Waals surface area contributed by atoms with Crippen molar-refractivity contribution in [3.63, 3.8) is 0 Å². The van der Waals surface area contributed by atoms with Gasteiger partial charge in [-0.15, -0.1) is 0 Å². The molecule has 0 spiro atoms. The molecule has 1 aromatic carbocycles. The maximum absolute atomic E-state index is 12.2. The van der Waals surface area contributed by atoms with E-state index in [2.05, 4.69) is 10.6 Å². The number of benzene rings is 1. The summed E-state index contributed by atoms with van der Waals surface area (Å²) in [7, 11) is 0. The van der Waals surface area contributed by atoms with Crippen LogP contribution in [0.25, 0.3) is 17.0 Å². The fourth-order valence-electron chi connectivity index (χ4n) is 1.83. The second-order valence-electron chi connectivity index (χ2n) is 3.98. The largest absolute Gasteiger partial charge is 0.463 e. The first-order chi connectivity index (χ1) is 9.15. The molecule has 19 heavy (non-hydrogen) atoms. The number of imide groups is 1. The summed E-state index contributed by atoms with van der Waals surface area (Å²) in [6, 6.07) is 6.18. The highest BCUT2D eigenvalue weighted by atomic mass is 16.3. The molecule has 3 amide bonds. The van der Waals surface area contributed by atoms with Gasteiger partial charge in [0.1, 0.15) is 17.5 Å². The SMILES string of the molecule is O=C1NC(=O)/C(=C\c2coc3ccccc3c2=O)N1. The van der Waals surface area contributed by atoms with Crippen LogP contribution in [0.3, 0.4) is 0 Å². The topological polar surface area (TPSA) is 88.4 Å². The van der Waals surface area contributed by atoms with Crippen LogP contribution in [0.4, 0.5) is 4.79 Å². The Labute approximate surface area is 106 Å². The number of fused-ring (bicyclic) bond motifs is 1. The molecule has 1 aliphatic rings. The highest BCUT2D eigenvalue weighted by Crippen LogP contribution is 2.12. The lowest BCUT2D eigenvalue weighted by atomic mass is 10.1. The first-order valence-electron chi connectivity index (χ1n) is 5.50. The van der Waals surface area contributed by atoms with Crippen LogP contribution in [0, 0.1) is 0 Å². The van der Waals surface area contributed by atoms with Crippen LogP contribution in [0.1, 0.15) is 5.56 Å². The lowest BCUT2D eigenvalue weighted by Crippen LogP contribution is -2.22. The number of rotatable bonds is 1. The quantitative estimate of drug-likeness (QED) is 0.588. The van der Waals surface area contributed by atoms with Crippen LogP contribution in [0.15, 0.2) is 45.4 Å². The Bertz CT molecular complexity index is 789. The van der Waals surface area contributed by atoms with E-state index in [9.17, 15) is 14.4 Å². The predicted octanol–water partition coefficient (Wildman–Crippen LogP) is 0.973. The smallest absolute Gasteiger partial charge is 0.326 e. The average Bonchev–Trinajstić information content (AvgIpc) is 2.72. The lowest BCUT2D eigenvalue weighted by molar-refractivity contribution is -0.115. The van der Waals surface area contributed by atoms with Gasteiger partial charge in [-0.05, 0) is 18.2 Å². The molecule has 0 radical (unpaired) electrons. The monoisotopic (exact) mass is 256 g/mol. The zero-order valence-electron chi connectivity index (χ0n) is 9.60. The Kier molecular flexibility index (Phi) is 2.42. The molecule has 0 atom stereocenters. The molecule has 3 rings (SSSR count). The molecule has 2 N–H and O–H groups in total. The number of carbonyl (C=O) groups excluding carboxylic acids is 2. The number of hydrogen-bond donors (Lipinski definition) is 2. The van der Waals surface area contributed by atoms with E-state index in [4.69, 9.17) is 4.42 Å². The Morgan fingerprint density at radius 1 is 1.05 bits per heavy atom. The summed E-state index contributed by atoms with van der Waals surface area (Å²) in [5.74, 6) is -0.572. The lowest BCUT2D eigenvalue weighted by Gasteiger charge is -1.98. The number of carbonyl (C=O) groups is 2. The highest BCUT2D eigenvalue weighted by molar-refractivity contribution is 6.14. The molecule has 1 saturated heterocycles. The van der Waals surface area contributed by atoms with E-state index < -0.39 is 11.9 Å². The van der Waals surface area contributed by atoms with E-state index >= 15 is 0 Å². The summed E-state index contributed by atoms with van der Waals surface area (Å²) < 4.78 is 5.31. The van der Waals surface area contributed by atoms with Gasteiger partial charge in [-0.2, -0.15) is 0 Å². The van der Waals surface area contributed by atoms with Crippen LogP contribution in [-0.2, 0) is 4.79 Å². The summed E-state index contributed by atoms with van der Waals surface area (Å²) in [5, 5.41) is 4.78. The Hall–Kier alpha value is -2.89. The molecule has 0 bridgehead atoms. The second-order valence-corrected chi connectivity index (χ2v) is 3.98. The van der Waals surface area contributed by atoms with Crippen molar-refractivity contribution in [3.8, 4) is 0 Å². The zero-order chi connectivity index (χ0) is 13.4. The molecule has 1 aliphatic heterocycles. The number of para-hydroxylation sites is 1. The average molecular weight is 256 g/mol. The molecule has 0 aliphatic carbocycles.